The molecule has 0 saturated carbocycles. The van der Waals surface area contributed by atoms with Gasteiger partial charge in [-0.3, -0.25) is 0 Å². The predicted octanol–water partition coefficient (Wildman–Crippen LogP) is 3.07. The van der Waals surface area contributed by atoms with Crippen LogP contribution in [0, 0.1) is 12.3 Å². The number of rotatable bonds is 1. The van der Waals surface area contributed by atoms with Gasteiger partial charge >= 0.3 is 0 Å². The van der Waals surface area contributed by atoms with Gasteiger partial charge in [0.05, 0.1) is 5.41 Å². The van der Waals surface area contributed by atoms with Crippen LogP contribution in [0.25, 0.3) is 0 Å². The molecule has 0 fully saturated rings. The van der Waals surface area contributed by atoms with Crippen LogP contribution in [0.1, 0.15) is 12.0 Å². The zero-order valence-electron chi connectivity index (χ0n) is 7.98. The molecule has 2 rings (SSSR count). The van der Waals surface area contributed by atoms with Crippen LogP contribution in [0.2, 0.25) is 0 Å². The van der Waals surface area contributed by atoms with Crippen LogP contribution in [0.4, 0.5) is 0 Å². The molecule has 0 saturated heterocycles. The summed E-state index contributed by atoms with van der Waals surface area (Å²) in [6.45, 7) is 0. The molecule has 0 heterocycles. The average molecular weight is 180 g/mol. The Kier molecular flexibility index (Phi) is 2.24. The lowest BCUT2D eigenvalue weighted by Crippen LogP contribution is -2.21. The zero-order valence-corrected chi connectivity index (χ0v) is 7.98. The molecule has 0 aliphatic heterocycles. The molecule has 14 heavy (non-hydrogen) atoms. The molecule has 68 valence electrons. The zero-order chi connectivity index (χ0) is 9.86. The molecule has 1 aromatic rings. The van der Waals surface area contributed by atoms with Crippen molar-refractivity contribution in [3.8, 4) is 12.3 Å². The first kappa shape index (κ1) is 8.84. The van der Waals surface area contributed by atoms with Gasteiger partial charge in [-0.05, 0) is 12.0 Å². The van der Waals surface area contributed by atoms with E-state index in [1.54, 1.807) is 0 Å². The maximum Gasteiger partial charge on any atom is 0.0777 e. The second kappa shape index (κ2) is 3.55. The predicted molar refractivity (Wildman–Crippen MR) is 59.9 cm³/mol. The molecule has 0 spiro atoms. The topological polar surface area (TPSA) is 0 Å². The van der Waals surface area contributed by atoms with Gasteiger partial charge in [0.2, 0.25) is 0 Å². The molecule has 0 nitrogen and oxygen atoms in total. The van der Waals surface area contributed by atoms with E-state index >= 15 is 0 Å². The smallest absolute Gasteiger partial charge is 0.0777 e. The standard InChI is InChI=1S/C14H12/c1-2-14(11-7-4-8-12-14)13-9-5-3-6-10-13/h1,3-11H,12H2. The first-order valence-corrected chi connectivity index (χ1v) is 4.75. The second-order valence-corrected chi connectivity index (χ2v) is 3.47. The van der Waals surface area contributed by atoms with Crippen molar-refractivity contribution in [1.82, 2.24) is 0 Å². The maximum absolute atomic E-state index is 5.64. The van der Waals surface area contributed by atoms with Crippen LogP contribution in [0.15, 0.2) is 54.6 Å². The van der Waals surface area contributed by atoms with Crippen LogP contribution in [0.3, 0.4) is 0 Å². The normalized spacial score (nSPS) is 24.5. The van der Waals surface area contributed by atoms with Crippen molar-refractivity contribution in [3.63, 3.8) is 0 Å². The van der Waals surface area contributed by atoms with Crippen molar-refractivity contribution < 1.29 is 0 Å². The van der Waals surface area contributed by atoms with Crippen LogP contribution in [0.5, 0.6) is 0 Å². The minimum Gasteiger partial charge on any atom is -0.119 e. The first-order chi connectivity index (χ1) is 6.87. The minimum absolute atomic E-state index is 0.226. The lowest BCUT2D eigenvalue weighted by molar-refractivity contribution is 0.702. The summed E-state index contributed by atoms with van der Waals surface area (Å²) in [5.41, 5.74) is 0.971. The van der Waals surface area contributed by atoms with Gasteiger partial charge in [0, 0.05) is 0 Å². The van der Waals surface area contributed by atoms with Crippen LogP contribution in [-0.4, -0.2) is 0 Å². The Bertz CT molecular complexity index is 403. The van der Waals surface area contributed by atoms with E-state index in [0.29, 0.717) is 0 Å². The summed E-state index contributed by atoms with van der Waals surface area (Å²) in [6.07, 6.45) is 14.8. The largest absolute Gasteiger partial charge is 0.119 e. The van der Waals surface area contributed by atoms with Gasteiger partial charge in [0.15, 0.2) is 0 Å². The summed E-state index contributed by atoms with van der Waals surface area (Å²) in [5, 5.41) is 0. The Morgan fingerprint density at radius 2 is 1.93 bits per heavy atom. The summed E-state index contributed by atoms with van der Waals surface area (Å²) in [7, 11) is 0. The third kappa shape index (κ3) is 1.38. The molecule has 0 amide bonds. The Morgan fingerprint density at radius 1 is 1.14 bits per heavy atom. The molecule has 1 aliphatic carbocycles. The fraction of sp³-hybridized carbons (Fsp3) is 0.143. The second-order valence-electron chi connectivity index (χ2n) is 3.47. The van der Waals surface area contributed by atoms with E-state index in [4.69, 9.17) is 6.42 Å². The van der Waals surface area contributed by atoms with E-state index in [2.05, 4.69) is 30.2 Å². The Morgan fingerprint density at radius 3 is 2.50 bits per heavy atom. The van der Waals surface area contributed by atoms with Crippen molar-refractivity contribution in [3.05, 3.63) is 60.2 Å². The third-order valence-electron chi connectivity index (χ3n) is 2.61. The van der Waals surface area contributed by atoms with Crippen molar-refractivity contribution in [2.75, 3.05) is 0 Å². The summed E-state index contributed by atoms with van der Waals surface area (Å²) in [6, 6.07) is 10.2. The average Bonchev–Trinajstić information content (AvgIpc) is 2.31. The highest BCUT2D eigenvalue weighted by Gasteiger charge is 2.26. The van der Waals surface area contributed by atoms with E-state index in [1.807, 2.05) is 30.4 Å². The summed E-state index contributed by atoms with van der Waals surface area (Å²) in [4.78, 5) is 0. The minimum atomic E-state index is -0.226. The van der Waals surface area contributed by atoms with E-state index < -0.39 is 0 Å². The van der Waals surface area contributed by atoms with Crippen molar-refractivity contribution in [2.45, 2.75) is 11.8 Å². The van der Waals surface area contributed by atoms with Gasteiger partial charge in [0.1, 0.15) is 0 Å². The highest BCUT2D eigenvalue weighted by atomic mass is 14.3. The van der Waals surface area contributed by atoms with Gasteiger partial charge in [-0.25, -0.2) is 0 Å². The fourth-order valence-electron chi connectivity index (χ4n) is 1.76. The lowest BCUT2D eigenvalue weighted by Gasteiger charge is -2.25. The Hall–Kier alpha value is -1.74. The highest BCUT2D eigenvalue weighted by Crippen LogP contribution is 2.31. The summed E-state index contributed by atoms with van der Waals surface area (Å²) >= 11 is 0. The number of hydrogen-bond donors (Lipinski definition) is 0. The molecule has 0 N–H and O–H groups in total. The van der Waals surface area contributed by atoms with Gasteiger partial charge < -0.3 is 0 Å². The first-order valence-electron chi connectivity index (χ1n) is 4.75. The fourth-order valence-corrected chi connectivity index (χ4v) is 1.76. The van der Waals surface area contributed by atoms with Crippen molar-refractivity contribution >= 4 is 0 Å². The van der Waals surface area contributed by atoms with Crippen LogP contribution in [-0.2, 0) is 5.41 Å². The molecule has 0 radical (unpaired) electrons. The van der Waals surface area contributed by atoms with Crippen molar-refractivity contribution in [2.24, 2.45) is 0 Å². The molecule has 1 aliphatic rings. The monoisotopic (exact) mass is 180 g/mol. The quantitative estimate of drug-likeness (QED) is 0.583. The highest BCUT2D eigenvalue weighted by molar-refractivity contribution is 5.43. The number of hydrogen-bond acceptors (Lipinski definition) is 0. The van der Waals surface area contributed by atoms with E-state index in [-0.39, 0.29) is 5.41 Å². The van der Waals surface area contributed by atoms with E-state index in [0.717, 1.165) is 6.42 Å². The Labute approximate surface area is 85.0 Å². The molecule has 1 aromatic carbocycles. The van der Waals surface area contributed by atoms with Gasteiger partial charge in [-0.1, -0.05) is 60.6 Å². The van der Waals surface area contributed by atoms with E-state index in [9.17, 15) is 0 Å². The SMILES string of the molecule is C#CC1(c2ccccc2)C=CC=CC1. The van der Waals surface area contributed by atoms with E-state index in [1.165, 1.54) is 5.56 Å². The third-order valence-corrected chi connectivity index (χ3v) is 2.61. The van der Waals surface area contributed by atoms with Crippen LogP contribution >= 0.6 is 0 Å². The molecule has 0 aromatic heterocycles. The lowest BCUT2D eigenvalue weighted by atomic mass is 9.76. The van der Waals surface area contributed by atoms with Crippen molar-refractivity contribution in [1.29, 1.82) is 0 Å². The van der Waals surface area contributed by atoms with Gasteiger partial charge in [-0.2, -0.15) is 0 Å². The molecule has 1 atom stereocenters. The van der Waals surface area contributed by atoms with Gasteiger partial charge in [0.25, 0.3) is 0 Å². The number of benzene rings is 1. The summed E-state index contributed by atoms with van der Waals surface area (Å²) in [5.74, 6) is 2.90. The summed E-state index contributed by atoms with van der Waals surface area (Å²) < 4.78 is 0. The molecular formula is C14H12. The molecule has 0 bridgehead atoms. The molecular weight excluding hydrogens is 168 g/mol. The molecule has 0 heteroatoms. The number of allylic oxidation sites excluding steroid dienone is 4. The number of terminal acetylenes is 1. The maximum atomic E-state index is 5.64. The van der Waals surface area contributed by atoms with Gasteiger partial charge in [-0.15, -0.1) is 6.42 Å². The van der Waals surface area contributed by atoms with Crippen LogP contribution < -0.4 is 0 Å². The molecule has 1 unspecified atom stereocenters. The Balaban J connectivity index is 2.45.